The van der Waals surface area contributed by atoms with Crippen molar-refractivity contribution in [1.82, 2.24) is 0 Å². The second kappa shape index (κ2) is 8.66. The quantitative estimate of drug-likeness (QED) is 0.468. The first kappa shape index (κ1) is 20.2. The highest BCUT2D eigenvalue weighted by Gasteiger charge is 2.33. The molecule has 3 rings (SSSR count). The highest BCUT2D eigenvalue weighted by atomic mass is 32.2. The number of rotatable bonds is 6. The standard InChI is InChI=1S/C19H14F3NO3S2/c1-2-25-15-8-11(6-7-14(15)26-18(21)22)9-16-17(24)23(19(27)28-16)13-5-3-4-12(20)10-13/h3-10,18H,2H2,1H3/b16-9+. The number of benzene rings is 2. The zero-order chi connectivity index (χ0) is 20.3. The number of carbonyl (C=O) groups excluding carboxylic acids is 1. The monoisotopic (exact) mass is 425 g/mol. The van der Waals surface area contributed by atoms with E-state index >= 15 is 0 Å². The van der Waals surface area contributed by atoms with E-state index in [9.17, 15) is 18.0 Å². The van der Waals surface area contributed by atoms with E-state index in [0.717, 1.165) is 11.8 Å². The van der Waals surface area contributed by atoms with E-state index in [1.165, 1.54) is 41.3 Å². The van der Waals surface area contributed by atoms with Crippen LogP contribution in [0, 0.1) is 5.82 Å². The van der Waals surface area contributed by atoms with Gasteiger partial charge in [-0.3, -0.25) is 9.69 Å². The van der Waals surface area contributed by atoms with Gasteiger partial charge < -0.3 is 9.47 Å². The number of amides is 1. The molecule has 1 amide bonds. The molecule has 2 aromatic rings. The Morgan fingerprint density at radius 1 is 1.21 bits per heavy atom. The van der Waals surface area contributed by atoms with Crippen molar-refractivity contribution < 1.29 is 27.4 Å². The maximum absolute atomic E-state index is 13.5. The molecule has 0 aromatic heterocycles. The molecule has 9 heteroatoms. The van der Waals surface area contributed by atoms with Crippen molar-refractivity contribution in [2.24, 2.45) is 0 Å². The van der Waals surface area contributed by atoms with E-state index in [0.29, 0.717) is 16.2 Å². The van der Waals surface area contributed by atoms with E-state index in [2.05, 4.69) is 4.74 Å². The smallest absolute Gasteiger partial charge is 0.387 e. The number of carbonyl (C=O) groups is 1. The number of nitrogens with zero attached hydrogens (tertiary/aromatic N) is 1. The van der Waals surface area contributed by atoms with Gasteiger partial charge in [-0.05, 0) is 48.9 Å². The molecule has 0 atom stereocenters. The van der Waals surface area contributed by atoms with Gasteiger partial charge in [0.15, 0.2) is 15.8 Å². The fourth-order valence-corrected chi connectivity index (χ4v) is 3.83. The van der Waals surface area contributed by atoms with E-state index in [1.807, 2.05) is 0 Å². The van der Waals surface area contributed by atoms with Gasteiger partial charge in [-0.25, -0.2) is 4.39 Å². The second-order valence-corrected chi connectivity index (χ2v) is 7.19. The summed E-state index contributed by atoms with van der Waals surface area (Å²) < 4.78 is 48.5. The van der Waals surface area contributed by atoms with E-state index in [-0.39, 0.29) is 22.4 Å². The molecule has 2 aromatic carbocycles. The molecule has 0 radical (unpaired) electrons. The maximum atomic E-state index is 13.5. The molecule has 1 aliphatic heterocycles. The summed E-state index contributed by atoms with van der Waals surface area (Å²) in [6, 6.07) is 9.93. The van der Waals surface area contributed by atoms with Gasteiger partial charge >= 0.3 is 6.61 Å². The summed E-state index contributed by atoms with van der Waals surface area (Å²) in [7, 11) is 0. The maximum Gasteiger partial charge on any atom is 0.387 e. The number of anilines is 1. The predicted molar refractivity (Wildman–Crippen MR) is 106 cm³/mol. The first-order valence-electron chi connectivity index (χ1n) is 8.14. The van der Waals surface area contributed by atoms with Gasteiger partial charge in [-0.2, -0.15) is 8.78 Å². The lowest BCUT2D eigenvalue weighted by molar-refractivity contribution is -0.113. The SMILES string of the molecule is CCOc1cc(/C=C2/SC(=S)N(c3cccc(F)c3)C2=O)ccc1OC(F)F. The van der Waals surface area contributed by atoms with Crippen molar-refractivity contribution in [1.29, 1.82) is 0 Å². The first-order chi connectivity index (χ1) is 13.4. The van der Waals surface area contributed by atoms with Crippen LogP contribution < -0.4 is 14.4 Å². The zero-order valence-electron chi connectivity index (χ0n) is 14.5. The van der Waals surface area contributed by atoms with Crippen molar-refractivity contribution in [3.63, 3.8) is 0 Å². The average Bonchev–Trinajstić information content (AvgIpc) is 2.90. The topological polar surface area (TPSA) is 38.8 Å². The fraction of sp³-hybridized carbons (Fsp3) is 0.158. The van der Waals surface area contributed by atoms with E-state index < -0.39 is 18.3 Å². The molecule has 28 heavy (non-hydrogen) atoms. The molecule has 4 nitrogen and oxygen atoms in total. The van der Waals surface area contributed by atoms with Gasteiger partial charge in [0, 0.05) is 0 Å². The highest BCUT2D eigenvalue weighted by molar-refractivity contribution is 8.27. The Morgan fingerprint density at radius 2 is 2.00 bits per heavy atom. The third-order valence-electron chi connectivity index (χ3n) is 3.64. The molecule has 146 valence electrons. The average molecular weight is 425 g/mol. The number of thioether (sulfide) groups is 1. The van der Waals surface area contributed by atoms with Gasteiger partial charge in [0.2, 0.25) is 0 Å². The van der Waals surface area contributed by atoms with Crippen LogP contribution in [0.25, 0.3) is 6.08 Å². The van der Waals surface area contributed by atoms with Gasteiger partial charge in [-0.1, -0.05) is 36.1 Å². The lowest BCUT2D eigenvalue weighted by Gasteiger charge is -2.14. The molecule has 1 heterocycles. The van der Waals surface area contributed by atoms with Crippen molar-refractivity contribution in [3.05, 3.63) is 58.8 Å². The van der Waals surface area contributed by atoms with Crippen molar-refractivity contribution in [2.45, 2.75) is 13.5 Å². The number of alkyl halides is 2. The molecule has 1 fully saturated rings. The van der Waals surface area contributed by atoms with Gasteiger partial charge in [0.1, 0.15) is 5.82 Å². The molecule has 0 unspecified atom stereocenters. The lowest BCUT2D eigenvalue weighted by atomic mass is 10.2. The number of ether oxygens (including phenoxy) is 2. The van der Waals surface area contributed by atoms with Gasteiger partial charge in [0.05, 0.1) is 17.2 Å². The summed E-state index contributed by atoms with van der Waals surface area (Å²) in [6.07, 6.45) is 1.56. The molecular weight excluding hydrogens is 411 g/mol. The van der Waals surface area contributed by atoms with Crippen LogP contribution in [0.15, 0.2) is 47.4 Å². The minimum Gasteiger partial charge on any atom is -0.490 e. The van der Waals surface area contributed by atoms with Crippen LogP contribution in [0.3, 0.4) is 0 Å². The normalized spacial score (nSPS) is 15.6. The summed E-state index contributed by atoms with van der Waals surface area (Å²) in [5.74, 6) is -0.837. The number of hydrogen-bond acceptors (Lipinski definition) is 5. The van der Waals surface area contributed by atoms with Crippen LogP contribution in [0.5, 0.6) is 11.5 Å². The van der Waals surface area contributed by atoms with Crippen molar-refractivity contribution >= 4 is 46.0 Å². The predicted octanol–water partition coefficient (Wildman–Crippen LogP) is 5.23. The van der Waals surface area contributed by atoms with Crippen LogP contribution in [-0.4, -0.2) is 23.4 Å². The molecule has 1 aliphatic rings. The summed E-state index contributed by atoms with van der Waals surface area (Å²) in [5.41, 5.74) is 0.881. The molecule has 1 saturated heterocycles. The fourth-order valence-electron chi connectivity index (χ4n) is 2.53. The van der Waals surface area contributed by atoms with Crippen molar-refractivity contribution in [2.75, 3.05) is 11.5 Å². The highest BCUT2D eigenvalue weighted by Crippen LogP contribution is 2.37. The van der Waals surface area contributed by atoms with Gasteiger partial charge in [0.25, 0.3) is 5.91 Å². The summed E-state index contributed by atoms with van der Waals surface area (Å²) >= 11 is 6.31. The minimum atomic E-state index is -2.98. The third-order valence-corrected chi connectivity index (χ3v) is 4.94. The number of thiocarbonyl (C=S) groups is 1. The molecule has 0 saturated carbocycles. The Kier molecular flexibility index (Phi) is 6.25. The largest absolute Gasteiger partial charge is 0.490 e. The zero-order valence-corrected chi connectivity index (χ0v) is 16.2. The van der Waals surface area contributed by atoms with E-state index in [4.69, 9.17) is 17.0 Å². The third kappa shape index (κ3) is 4.48. The minimum absolute atomic E-state index is 0.0960. The van der Waals surface area contributed by atoms with Gasteiger partial charge in [-0.15, -0.1) is 0 Å². The van der Waals surface area contributed by atoms with Crippen LogP contribution >= 0.6 is 24.0 Å². The first-order valence-corrected chi connectivity index (χ1v) is 9.36. The molecule has 0 aliphatic carbocycles. The van der Waals surface area contributed by atoms with Crippen LogP contribution in [0.1, 0.15) is 12.5 Å². The Balaban J connectivity index is 1.90. The Morgan fingerprint density at radius 3 is 2.68 bits per heavy atom. The van der Waals surface area contributed by atoms with Crippen LogP contribution in [0.4, 0.5) is 18.9 Å². The molecular formula is C19H14F3NO3S2. The van der Waals surface area contributed by atoms with Crippen molar-refractivity contribution in [3.8, 4) is 11.5 Å². The van der Waals surface area contributed by atoms with Crippen LogP contribution in [-0.2, 0) is 4.79 Å². The summed E-state index contributed by atoms with van der Waals surface area (Å²) in [6.45, 7) is -1.01. The molecule has 0 N–H and O–H groups in total. The molecule has 0 spiro atoms. The summed E-state index contributed by atoms with van der Waals surface area (Å²) in [4.78, 5) is 14.3. The summed E-state index contributed by atoms with van der Waals surface area (Å²) in [5, 5.41) is 0. The number of halogens is 3. The Hall–Kier alpha value is -2.52. The lowest BCUT2D eigenvalue weighted by Crippen LogP contribution is -2.27. The second-order valence-electron chi connectivity index (χ2n) is 5.51. The van der Waals surface area contributed by atoms with Crippen LogP contribution in [0.2, 0.25) is 0 Å². The number of hydrogen-bond donors (Lipinski definition) is 0. The molecule has 0 bridgehead atoms. The Labute approximate surface area is 168 Å². The van der Waals surface area contributed by atoms with E-state index in [1.54, 1.807) is 19.1 Å². The Bertz CT molecular complexity index is 950.